The Hall–Kier alpha value is -1.66. The Balaban J connectivity index is 2.60. The summed E-state index contributed by atoms with van der Waals surface area (Å²) in [6.07, 6.45) is 0. The van der Waals surface area contributed by atoms with Gasteiger partial charge in [0, 0.05) is 25.8 Å². The normalized spacial score (nSPS) is 10.3. The first-order valence-corrected chi connectivity index (χ1v) is 6.44. The molecule has 0 aliphatic rings. The zero-order valence-corrected chi connectivity index (χ0v) is 11.8. The number of para-hydroxylation sites is 1. The third-order valence-corrected chi connectivity index (χ3v) is 2.49. The van der Waals surface area contributed by atoms with Gasteiger partial charge in [-0.05, 0) is 13.0 Å². The Bertz CT molecular complexity index is 426. The molecule has 1 N–H and O–H groups in total. The van der Waals surface area contributed by atoms with Crippen LogP contribution >= 0.6 is 0 Å². The van der Waals surface area contributed by atoms with E-state index in [1.165, 1.54) is 6.07 Å². The first kappa shape index (κ1) is 16.4. The highest BCUT2D eigenvalue weighted by molar-refractivity contribution is 5.71. The minimum atomic E-state index is -0.519. The molecule has 0 amide bonds. The molecule has 0 spiro atoms. The molecule has 20 heavy (non-hydrogen) atoms. The van der Waals surface area contributed by atoms with Crippen LogP contribution in [-0.4, -0.2) is 39.4 Å². The molecule has 1 aromatic carbocycles. The van der Waals surface area contributed by atoms with Crippen molar-refractivity contribution < 1.29 is 23.4 Å². The fraction of sp³-hybridized carbons (Fsp3) is 0.500. The van der Waals surface area contributed by atoms with Crippen molar-refractivity contribution in [3.8, 4) is 5.75 Å². The summed E-state index contributed by atoms with van der Waals surface area (Å²) in [5.41, 5.74) is 0.644. The number of hydrogen-bond donors (Lipinski definition) is 1. The van der Waals surface area contributed by atoms with Gasteiger partial charge < -0.3 is 19.5 Å². The van der Waals surface area contributed by atoms with Crippen molar-refractivity contribution in [2.75, 3.05) is 33.5 Å². The second-order valence-corrected chi connectivity index (χ2v) is 3.99. The minimum absolute atomic E-state index is 0.0745. The molecule has 0 bridgehead atoms. The van der Waals surface area contributed by atoms with Crippen LogP contribution in [0.2, 0.25) is 0 Å². The van der Waals surface area contributed by atoms with Gasteiger partial charge in [0.2, 0.25) is 0 Å². The van der Waals surface area contributed by atoms with Gasteiger partial charge in [-0.15, -0.1) is 0 Å². The van der Waals surface area contributed by atoms with Crippen molar-refractivity contribution in [2.24, 2.45) is 0 Å². The van der Waals surface area contributed by atoms with Crippen LogP contribution in [0.4, 0.5) is 4.39 Å². The van der Waals surface area contributed by atoms with Gasteiger partial charge in [-0.3, -0.25) is 0 Å². The SMILES string of the molecule is CCOC(=O)COc1c(F)cccc1CNCCOC. The summed E-state index contributed by atoms with van der Waals surface area (Å²) in [5.74, 6) is -0.945. The predicted molar refractivity (Wildman–Crippen MR) is 72.1 cm³/mol. The second kappa shape index (κ2) is 9.28. The number of carbonyl (C=O) groups excluding carboxylic acids is 1. The van der Waals surface area contributed by atoms with E-state index in [9.17, 15) is 9.18 Å². The van der Waals surface area contributed by atoms with Crippen LogP contribution in [0.15, 0.2) is 18.2 Å². The third-order valence-electron chi connectivity index (χ3n) is 2.49. The quantitative estimate of drug-likeness (QED) is 0.550. The number of nitrogens with one attached hydrogen (secondary N) is 1. The molecule has 0 saturated heterocycles. The van der Waals surface area contributed by atoms with Gasteiger partial charge in [0.15, 0.2) is 18.2 Å². The fourth-order valence-corrected chi connectivity index (χ4v) is 1.59. The number of carbonyl (C=O) groups is 1. The summed E-state index contributed by atoms with van der Waals surface area (Å²) in [7, 11) is 1.61. The van der Waals surface area contributed by atoms with E-state index in [4.69, 9.17) is 14.2 Å². The van der Waals surface area contributed by atoms with Gasteiger partial charge in [0.05, 0.1) is 13.2 Å². The topological polar surface area (TPSA) is 56.8 Å². The maximum atomic E-state index is 13.7. The van der Waals surface area contributed by atoms with E-state index in [0.29, 0.717) is 25.3 Å². The highest BCUT2D eigenvalue weighted by Crippen LogP contribution is 2.22. The van der Waals surface area contributed by atoms with Crippen molar-refractivity contribution in [2.45, 2.75) is 13.5 Å². The smallest absolute Gasteiger partial charge is 0.344 e. The van der Waals surface area contributed by atoms with Gasteiger partial charge in [-0.1, -0.05) is 12.1 Å². The second-order valence-electron chi connectivity index (χ2n) is 3.99. The standard InChI is InChI=1S/C14H20FNO4/c1-3-19-13(17)10-20-14-11(5-4-6-12(14)15)9-16-7-8-18-2/h4-6,16H,3,7-10H2,1-2H3. The molecule has 0 atom stereocenters. The summed E-state index contributed by atoms with van der Waals surface area (Å²) < 4.78 is 28.6. The average molecular weight is 285 g/mol. The van der Waals surface area contributed by atoms with Gasteiger partial charge in [0.25, 0.3) is 0 Å². The molecule has 0 fully saturated rings. The van der Waals surface area contributed by atoms with E-state index in [-0.39, 0.29) is 19.0 Å². The van der Waals surface area contributed by atoms with E-state index in [1.807, 2.05) is 0 Å². The molecule has 0 radical (unpaired) electrons. The number of ether oxygens (including phenoxy) is 3. The Morgan fingerprint density at radius 1 is 1.40 bits per heavy atom. The molecule has 1 rings (SSSR count). The highest BCUT2D eigenvalue weighted by Gasteiger charge is 2.12. The first-order valence-electron chi connectivity index (χ1n) is 6.44. The van der Waals surface area contributed by atoms with Crippen LogP contribution < -0.4 is 10.1 Å². The van der Waals surface area contributed by atoms with Gasteiger partial charge in [-0.2, -0.15) is 0 Å². The van der Waals surface area contributed by atoms with Crippen LogP contribution in [0.1, 0.15) is 12.5 Å². The van der Waals surface area contributed by atoms with Crippen molar-refractivity contribution in [1.82, 2.24) is 5.32 Å². The zero-order chi connectivity index (χ0) is 14.8. The van der Waals surface area contributed by atoms with Crippen LogP contribution in [0.3, 0.4) is 0 Å². The van der Waals surface area contributed by atoms with Crippen LogP contribution in [-0.2, 0) is 20.8 Å². The van der Waals surface area contributed by atoms with Crippen molar-refractivity contribution in [3.63, 3.8) is 0 Å². The Morgan fingerprint density at radius 2 is 2.20 bits per heavy atom. The molecule has 0 aliphatic heterocycles. The monoisotopic (exact) mass is 285 g/mol. The molecular formula is C14H20FNO4. The van der Waals surface area contributed by atoms with E-state index >= 15 is 0 Å². The number of halogens is 1. The molecule has 0 heterocycles. The van der Waals surface area contributed by atoms with Crippen molar-refractivity contribution >= 4 is 5.97 Å². The van der Waals surface area contributed by atoms with Gasteiger partial charge in [0.1, 0.15) is 0 Å². The first-order chi connectivity index (χ1) is 9.69. The molecule has 0 aliphatic carbocycles. The summed E-state index contributed by atoms with van der Waals surface area (Å²) in [6, 6.07) is 4.63. The number of methoxy groups -OCH3 is 1. The lowest BCUT2D eigenvalue weighted by Crippen LogP contribution is -2.20. The van der Waals surface area contributed by atoms with Gasteiger partial charge >= 0.3 is 5.97 Å². The number of esters is 1. The van der Waals surface area contributed by atoms with E-state index in [0.717, 1.165) is 0 Å². The Labute approximate surface area is 118 Å². The third kappa shape index (κ3) is 5.54. The molecule has 0 aromatic heterocycles. The number of benzene rings is 1. The van der Waals surface area contributed by atoms with Crippen LogP contribution in [0.25, 0.3) is 0 Å². The summed E-state index contributed by atoms with van der Waals surface area (Å²) in [5, 5.41) is 3.10. The summed E-state index contributed by atoms with van der Waals surface area (Å²) >= 11 is 0. The Kier molecular flexibility index (Phi) is 7.60. The maximum Gasteiger partial charge on any atom is 0.344 e. The van der Waals surface area contributed by atoms with Gasteiger partial charge in [-0.25, -0.2) is 9.18 Å². The molecule has 0 saturated carbocycles. The van der Waals surface area contributed by atoms with E-state index < -0.39 is 11.8 Å². The van der Waals surface area contributed by atoms with E-state index in [1.54, 1.807) is 26.2 Å². The van der Waals surface area contributed by atoms with Crippen molar-refractivity contribution in [3.05, 3.63) is 29.6 Å². The molecule has 112 valence electrons. The maximum absolute atomic E-state index is 13.7. The lowest BCUT2D eigenvalue weighted by Gasteiger charge is -2.12. The number of rotatable bonds is 9. The molecule has 0 unspecified atom stereocenters. The number of hydrogen-bond acceptors (Lipinski definition) is 5. The highest BCUT2D eigenvalue weighted by atomic mass is 19.1. The summed E-state index contributed by atoms with van der Waals surface area (Å²) in [6.45, 7) is 3.30. The lowest BCUT2D eigenvalue weighted by molar-refractivity contribution is -0.145. The molecule has 1 aromatic rings. The lowest BCUT2D eigenvalue weighted by atomic mass is 10.2. The Morgan fingerprint density at radius 3 is 2.90 bits per heavy atom. The molecule has 6 heteroatoms. The fourth-order valence-electron chi connectivity index (χ4n) is 1.59. The molecule has 5 nitrogen and oxygen atoms in total. The van der Waals surface area contributed by atoms with Crippen molar-refractivity contribution in [1.29, 1.82) is 0 Å². The minimum Gasteiger partial charge on any atom is -0.478 e. The van der Waals surface area contributed by atoms with Crippen LogP contribution in [0, 0.1) is 5.82 Å². The summed E-state index contributed by atoms with van der Waals surface area (Å²) in [4.78, 5) is 11.2. The largest absolute Gasteiger partial charge is 0.478 e. The predicted octanol–water partition coefficient (Wildman–Crippen LogP) is 1.50. The average Bonchev–Trinajstić information content (AvgIpc) is 2.43. The van der Waals surface area contributed by atoms with Crippen LogP contribution in [0.5, 0.6) is 5.75 Å². The van der Waals surface area contributed by atoms with E-state index in [2.05, 4.69) is 5.32 Å². The zero-order valence-electron chi connectivity index (χ0n) is 11.8. The molecular weight excluding hydrogens is 265 g/mol.